The number of rotatable bonds is 4. The summed E-state index contributed by atoms with van der Waals surface area (Å²) in [6, 6.07) is 11.9. The van der Waals surface area contributed by atoms with Crippen molar-refractivity contribution in [3.05, 3.63) is 59.7 Å². The fourth-order valence-corrected chi connectivity index (χ4v) is 4.66. The maximum absolute atomic E-state index is 12.4. The first-order chi connectivity index (χ1) is 12.7. The summed E-state index contributed by atoms with van der Waals surface area (Å²) in [7, 11) is -3.70. The minimum atomic E-state index is -3.70. The zero-order chi connectivity index (χ0) is 19.8. The lowest BCUT2D eigenvalue weighted by Crippen LogP contribution is -2.30. The van der Waals surface area contributed by atoms with Gasteiger partial charge in [0.15, 0.2) is 0 Å². The van der Waals surface area contributed by atoms with E-state index in [1.807, 2.05) is 0 Å². The van der Waals surface area contributed by atoms with E-state index in [2.05, 4.69) is 5.32 Å². The molecule has 1 atom stereocenters. The summed E-state index contributed by atoms with van der Waals surface area (Å²) in [5.74, 6) is -2.52. The summed E-state index contributed by atoms with van der Waals surface area (Å²) < 4.78 is 25.0. The molecule has 0 bridgehead atoms. The highest BCUT2D eigenvalue weighted by molar-refractivity contribution is 7.94. The molecule has 0 saturated carbocycles. The predicted octanol–water partition coefficient (Wildman–Crippen LogP) is 1.35. The first-order valence-electron chi connectivity index (χ1n) is 8.08. The van der Waals surface area contributed by atoms with E-state index in [0.717, 1.165) is 4.31 Å². The van der Waals surface area contributed by atoms with Gasteiger partial charge in [0.1, 0.15) is 0 Å². The molecule has 0 aromatic heterocycles. The second-order valence-electron chi connectivity index (χ2n) is 6.19. The Morgan fingerprint density at radius 3 is 2.30 bits per heavy atom. The minimum absolute atomic E-state index is 0.171. The molecule has 1 saturated heterocycles. The van der Waals surface area contributed by atoms with Crippen molar-refractivity contribution in [2.75, 3.05) is 15.4 Å². The van der Waals surface area contributed by atoms with E-state index in [4.69, 9.17) is 5.73 Å². The Kier molecular flexibility index (Phi) is 4.71. The SMILES string of the molecule is CC1CS(=O)(=O)N(c2ccc(C(=O)Nc3ccccc3C(N)=O)cc2)C1=O. The van der Waals surface area contributed by atoms with Crippen LogP contribution in [0.3, 0.4) is 0 Å². The molecule has 3 N–H and O–H groups in total. The van der Waals surface area contributed by atoms with Gasteiger partial charge >= 0.3 is 0 Å². The zero-order valence-corrected chi connectivity index (χ0v) is 15.2. The fraction of sp³-hybridized carbons (Fsp3) is 0.167. The standard InChI is InChI=1S/C18H17N3O5S/c1-11-10-27(25,26)21(18(11)24)13-8-6-12(7-9-13)17(23)20-15-5-3-2-4-14(15)16(19)22/h2-9,11H,10H2,1H3,(H2,19,22)(H,20,23). The smallest absolute Gasteiger partial charge is 0.255 e. The number of hydrogen-bond acceptors (Lipinski definition) is 5. The van der Waals surface area contributed by atoms with E-state index in [1.54, 1.807) is 25.1 Å². The molecule has 1 aliphatic heterocycles. The molecule has 3 amide bonds. The van der Waals surface area contributed by atoms with Gasteiger partial charge in [-0.2, -0.15) is 0 Å². The average molecular weight is 387 g/mol. The molecule has 2 aromatic carbocycles. The molecule has 1 aliphatic rings. The zero-order valence-electron chi connectivity index (χ0n) is 14.4. The van der Waals surface area contributed by atoms with Crippen molar-refractivity contribution in [1.29, 1.82) is 0 Å². The fourth-order valence-electron chi connectivity index (χ4n) is 2.84. The molecule has 8 nitrogen and oxygen atoms in total. The van der Waals surface area contributed by atoms with Gasteiger partial charge in [0.05, 0.1) is 28.6 Å². The van der Waals surface area contributed by atoms with Crippen LogP contribution in [-0.2, 0) is 14.8 Å². The van der Waals surface area contributed by atoms with Crippen LogP contribution >= 0.6 is 0 Å². The molecular weight excluding hydrogens is 370 g/mol. The lowest BCUT2D eigenvalue weighted by Gasteiger charge is -2.15. The van der Waals surface area contributed by atoms with Crippen molar-refractivity contribution in [2.24, 2.45) is 11.7 Å². The molecule has 27 heavy (non-hydrogen) atoms. The van der Waals surface area contributed by atoms with Gasteiger partial charge in [-0.1, -0.05) is 19.1 Å². The quantitative estimate of drug-likeness (QED) is 0.819. The number of benzene rings is 2. The number of para-hydroxylation sites is 1. The summed E-state index contributed by atoms with van der Waals surface area (Å²) in [4.78, 5) is 35.9. The Hall–Kier alpha value is -3.20. The third kappa shape index (κ3) is 3.54. The van der Waals surface area contributed by atoms with Crippen molar-refractivity contribution in [2.45, 2.75) is 6.92 Å². The number of nitrogens with one attached hydrogen (secondary N) is 1. The first kappa shape index (κ1) is 18.6. The largest absolute Gasteiger partial charge is 0.366 e. The van der Waals surface area contributed by atoms with E-state index in [-0.39, 0.29) is 28.3 Å². The Morgan fingerprint density at radius 1 is 1.11 bits per heavy atom. The summed E-state index contributed by atoms with van der Waals surface area (Å²) >= 11 is 0. The molecule has 2 aromatic rings. The number of hydrogen-bond donors (Lipinski definition) is 2. The van der Waals surface area contributed by atoms with Gasteiger partial charge in [0, 0.05) is 5.56 Å². The molecule has 0 spiro atoms. The molecule has 0 aliphatic carbocycles. The van der Waals surface area contributed by atoms with Crippen molar-refractivity contribution in [1.82, 2.24) is 0 Å². The van der Waals surface area contributed by atoms with E-state index < -0.39 is 33.7 Å². The van der Waals surface area contributed by atoms with Crippen molar-refractivity contribution >= 4 is 39.1 Å². The van der Waals surface area contributed by atoms with Crippen LogP contribution in [0.25, 0.3) is 0 Å². The average Bonchev–Trinajstić information content (AvgIpc) is 2.82. The van der Waals surface area contributed by atoms with Gasteiger partial charge < -0.3 is 11.1 Å². The third-order valence-electron chi connectivity index (χ3n) is 4.17. The van der Waals surface area contributed by atoms with Crippen LogP contribution in [0.4, 0.5) is 11.4 Å². The Morgan fingerprint density at radius 2 is 1.74 bits per heavy atom. The maximum atomic E-state index is 12.4. The third-order valence-corrected chi connectivity index (χ3v) is 6.03. The van der Waals surface area contributed by atoms with E-state index in [9.17, 15) is 22.8 Å². The number of primary amides is 1. The Labute approximate surface area is 156 Å². The number of anilines is 2. The Bertz CT molecular complexity index is 1030. The minimum Gasteiger partial charge on any atom is -0.366 e. The van der Waals surface area contributed by atoms with Crippen LogP contribution in [-0.4, -0.2) is 31.9 Å². The van der Waals surface area contributed by atoms with Gasteiger partial charge in [0.2, 0.25) is 15.9 Å². The number of amides is 3. The molecule has 0 radical (unpaired) electrons. The number of carbonyl (C=O) groups is 3. The van der Waals surface area contributed by atoms with Crippen LogP contribution < -0.4 is 15.4 Å². The Balaban J connectivity index is 1.83. The maximum Gasteiger partial charge on any atom is 0.255 e. The van der Waals surface area contributed by atoms with Crippen LogP contribution in [0.2, 0.25) is 0 Å². The van der Waals surface area contributed by atoms with Crippen LogP contribution in [0.15, 0.2) is 48.5 Å². The predicted molar refractivity (Wildman–Crippen MR) is 99.8 cm³/mol. The number of nitrogens with two attached hydrogens (primary N) is 1. The lowest BCUT2D eigenvalue weighted by molar-refractivity contribution is -0.119. The van der Waals surface area contributed by atoms with E-state index >= 15 is 0 Å². The number of sulfonamides is 1. The monoisotopic (exact) mass is 387 g/mol. The normalized spacial score (nSPS) is 18.3. The molecule has 1 unspecified atom stereocenters. The van der Waals surface area contributed by atoms with Gasteiger partial charge in [-0.05, 0) is 36.4 Å². The van der Waals surface area contributed by atoms with Gasteiger partial charge in [-0.25, -0.2) is 12.7 Å². The number of carbonyl (C=O) groups excluding carboxylic acids is 3. The van der Waals surface area contributed by atoms with E-state index in [1.165, 1.54) is 30.3 Å². The van der Waals surface area contributed by atoms with Crippen LogP contribution in [0, 0.1) is 5.92 Å². The number of nitrogens with zero attached hydrogens (tertiary/aromatic N) is 1. The molecule has 3 rings (SSSR count). The van der Waals surface area contributed by atoms with Gasteiger partial charge in [-0.15, -0.1) is 0 Å². The topological polar surface area (TPSA) is 127 Å². The lowest BCUT2D eigenvalue weighted by atomic mass is 10.1. The van der Waals surface area contributed by atoms with Gasteiger partial charge in [0.25, 0.3) is 11.8 Å². The molecule has 1 fully saturated rings. The van der Waals surface area contributed by atoms with Crippen LogP contribution in [0.5, 0.6) is 0 Å². The molecule has 140 valence electrons. The summed E-state index contributed by atoms with van der Waals surface area (Å²) in [5, 5.41) is 2.59. The van der Waals surface area contributed by atoms with E-state index in [0.29, 0.717) is 0 Å². The van der Waals surface area contributed by atoms with Crippen molar-refractivity contribution in [3.8, 4) is 0 Å². The highest BCUT2D eigenvalue weighted by Crippen LogP contribution is 2.28. The molecular formula is C18H17N3O5S. The van der Waals surface area contributed by atoms with Crippen molar-refractivity contribution < 1.29 is 22.8 Å². The highest BCUT2D eigenvalue weighted by atomic mass is 32.2. The second-order valence-corrected chi connectivity index (χ2v) is 8.06. The molecule has 9 heteroatoms. The van der Waals surface area contributed by atoms with Gasteiger partial charge in [-0.3, -0.25) is 14.4 Å². The summed E-state index contributed by atoms with van der Waals surface area (Å²) in [6.07, 6.45) is 0. The second kappa shape index (κ2) is 6.84. The summed E-state index contributed by atoms with van der Waals surface area (Å²) in [6.45, 7) is 1.55. The highest BCUT2D eigenvalue weighted by Gasteiger charge is 2.41. The van der Waals surface area contributed by atoms with Crippen LogP contribution in [0.1, 0.15) is 27.6 Å². The summed E-state index contributed by atoms with van der Waals surface area (Å²) in [5.41, 5.74) is 6.13. The first-order valence-corrected chi connectivity index (χ1v) is 9.69. The molecule has 1 heterocycles. The van der Waals surface area contributed by atoms with Crippen molar-refractivity contribution in [3.63, 3.8) is 0 Å².